The minimum absolute atomic E-state index is 0.160. The number of nitrogens with zero attached hydrogens (tertiary/aromatic N) is 5. The molecule has 1 N–H and O–H groups in total. The van der Waals surface area contributed by atoms with Crippen molar-refractivity contribution in [1.29, 1.82) is 0 Å². The highest BCUT2D eigenvalue weighted by Crippen LogP contribution is 2.27. The lowest BCUT2D eigenvalue weighted by Gasteiger charge is -2.28. The molecule has 176 valence electrons. The van der Waals surface area contributed by atoms with E-state index in [0.717, 1.165) is 23.8 Å². The van der Waals surface area contributed by atoms with E-state index in [1.54, 1.807) is 36.5 Å². The Kier molecular flexibility index (Phi) is 6.47. The Balaban J connectivity index is 1.23. The molecule has 1 saturated heterocycles. The number of methoxy groups -OCH3 is 1. The van der Waals surface area contributed by atoms with E-state index < -0.39 is 0 Å². The summed E-state index contributed by atoms with van der Waals surface area (Å²) in [6, 6.07) is 17.0. The number of urea groups is 1. The molecule has 0 radical (unpaired) electrons. The first-order chi connectivity index (χ1) is 17.2. The highest BCUT2D eigenvalue weighted by Gasteiger charge is 2.19. The van der Waals surface area contributed by atoms with Gasteiger partial charge < -0.3 is 14.4 Å². The maximum atomic E-state index is 12.5. The molecule has 2 amide bonds. The number of anilines is 1. The molecule has 0 aliphatic carbocycles. The number of nitrogens with one attached hydrogen (secondary N) is 1. The summed E-state index contributed by atoms with van der Waals surface area (Å²) in [4.78, 5) is 23.1. The molecule has 2 aromatic heterocycles. The predicted molar refractivity (Wildman–Crippen MR) is 132 cm³/mol. The van der Waals surface area contributed by atoms with Crippen LogP contribution in [0.2, 0.25) is 0 Å². The van der Waals surface area contributed by atoms with Gasteiger partial charge in [-0.1, -0.05) is 35.9 Å². The summed E-state index contributed by atoms with van der Waals surface area (Å²) < 4.78 is 11.3. The molecule has 0 saturated carbocycles. The van der Waals surface area contributed by atoms with E-state index in [9.17, 15) is 4.79 Å². The molecule has 3 heterocycles. The van der Waals surface area contributed by atoms with Gasteiger partial charge in [0.15, 0.2) is 5.82 Å². The fourth-order valence-electron chi connectivity index (χ4n) is 3.93. The Bertz CT molecular complexity index is 1370. The van der Waals surface area contributed by atoms with E-state index in [2.05, 4.69) is 31.6 Å². The van der Waals surface area contributed by atoms with E-state index in [-0.39, 0.29) is 12.0 Å². The average Bonchev–Trinajstić information content (AvgIpc) is 2.89. The topological polar surface area (TPSA) is 102 Å². The zero-order valence-corrected chi connectivity index (χ0v) is 19.2. The molecule has 9 heteroatoms. The molecule has 0 atom stereocenters. The third-order valence-electron chi connectivity index (χ3n) is 5.71. The molecule has 5 rings (SSSR count). The molecule has 1 aliphatic heterocycles. The quantitative estimate of drug-likeness (QED) is 0.443. The van der Waals surface area contributed by atoms with Crippen molar-refractivity contribution in [3.63, 3.8) is 0 Å². The van der Waals surface area contributed by atoms with Crippen molar-refractivity contribution in [3.8, 4) is 17.5 Å². The number of carbonyl (C=O) groups is 1. The summed E-state index contributed by atoms with van der Waals surface area (Å²) in [5.41, 5.74) is 3.00. The molecule has 9 nitrogen and oxygen atoms in total. The van der Waals surface area contributed by atoms with Gasteiger partial charge in [-0.05, 0) is 48.7 Å². The minimum atomic E-state index is -0.160. The number of piperidine rings is 1. The summed E-state index contributed by atoms with van der Waals surface area (Å²) in [6.07, 6.45) is 7.04. The smallest absolute Gasteiger partial charge is 0.323 e. The molecule has 0 unspecified atom stereocenters. The Morgan fingerprint density at radius 1 is 1.09 bits per heavy atom. The standard InChI is InChI=1S/C26H24N6O3/c1-34-22-8-3-6-20-17-27-25(30-24(20)22)35-21-7-2-5-19(16-21)15-18-10-13-32(14-11-18)26(33)29-23-9-4-12-28-31-23/h2-9,12,15-17H,10-11,13-14H2,1H3,(H,29,31,33). The van der Waals surface area contributed by atoms with Crippen molar-refractivity contribution in [2.75, 3.05) is 25.5 Å². The van der Waals surface area contributed by atoms with Crippen LogP contribution in [-0.4, -0.2) is 51.3 Å². The van der Waals surface area contributed by atoms with Gasteiger partial charge in [0.05, 0.1) is 7.11 Å². The van der Waals surface area contributed by atoms with Crippen LogP contribution in [-0.2, 0) is 0 Å². The van der Waals surface area contributed by atoms with Gasteiger partial charge in [-0.25, -0.2) is 9.78 Å². The monoisotopic (exact) mass is 468 g/mol. The Morgan fingerprint density at radius 3 is 2.74 bits per heavy atom. The zero-order chi connectivity index (χ0) is 24.0. The largest absolute Gasteiger partial charge is 0.494 e. The lowest BCUT2D eigenvalue weighted by atomic mass is 10.0. The van der Waals surface area contributed by atoms with Crippen LogP contribution in [0.25, 0.3) is 17.0 Å². The van der Waals surface area contributed by atoms with Crippen LogP contribution in [0.3, 0.4) is 0 Å². The average molecular weight is 469 g/mol. The fraction of sp³-hybridized carbons (Fsp3) is 0.192. The Labute approximate surface area is 202 Å². The summed E-state index contributed by atoms with van der Waals surface area (Å²) in [6.45, 7) is 1.28. The Hall–Kier alpha value is -4.53. The maximum Gasteiger partial charge on any atom is 0.323 e. The molecule has 1 aliphatic rings. The van der Waals surface area contributed by atoms with Crippen LogP contribution in [0.5, 0.6) is 17.5 Å². The normalized spacial score (nSPS) is 13.4. The van der Waals surface area contributed by atoms with Gasteiger partial charge in [-0.15, -0.1) is 5.10 Å². The van der Waals surface area contributed by atoms with E-state index in [0.29, 0.717) is 35.9 Å². The van der Waals surface area contributed by atoms with Crippen LogP contribution in [0.15, 0.2) is 72.6 Å². The lowest BCUT2D eigenvalue weighted by Crippen LogP contribution is -2.39. The third-order valence-corrected chi connectivity index (χ3v) is 5.71. The second-order valence-electron chi connectivity index (χ2n) is 8.05. The van der Waals surface area contributed by atoms with Crippen molar-refractivity contribution >= 4 is 28.8 Å². The predicted octanol–water partition coefficient (Wildman–Crippen LogP) is 4.93. The number of benzene rings is 2. The lowest BCUT2D eigenvalue weighted by molar-refractivity contribution is 0.207. The van der Waals surface area contributed by atoms with Gasteiger partial charge in [0.2, 0.25) is 0 Å². The van der Waals surface area contributed by atoms with Crippen molar-refractivity contribution in [2.45, 2.75) is 12.8 Å². The number of carbonyl (C=O) groups excluding carboxylic acids is 1. The summed E-state index contributed by atoms with van der Waals surface area (Å²) >= 11 is 0. The molecule has 4 aromatic rings. The van der Waals surface area contributed by atoms with Crippen LogP contribution in [0.4, 0.5) is 10.6 Å². The van der Waals surface area contributed by atoms with Crippen molar-refractivity contribution in [1.82, 2.24) is 25.1 Å². The van der Waals surface area contributed by atoms with E-state index in [1.807, 2.05) is 42.5 Å². The second-order valence-corrected chi connectivity index (χ2v) is 8.05. The summed E-state index contributed by atoms with van der Waals surface area (Å²) in [7, 11) is 1.61. The first-order valence-corrected chi connectivity index (χ1v) is 11.3. The van der Waals surface area contributed by atoms with E-state index >= 15 is 0 Å². The Morgan fingerprint density at radius 2 is 1.94 bits per heavy atom. The third kappa shape index (κ3) is 5.35. The molecule has 35 heavy (non-hydrogen) atoms. The number of hydrogen-bond acceptors (Lipinski definition) is 7. The highest BCUT2D eigenvalue weighted by atomic mass is 16.5. The number of aromatic nitrogens is 4. The van der Waals surface area contributed by atoms with E-state index in [4.69, 9.17) is 9.47 Å². The number of likely N-dealkylation sites (tertiary alicyclic amines) is 1. The zero-order valence-electron chi connectivity index (χ0n) is 19.2. The second kappa shape index (κ2) is 10.2. The molecule has 2 aromatic carbocycles. The van der Waals surface area contributed by atoms with Crippen LogP contribution in [0, 0.1) is 0 Å². The first kappa shape index (κ1) is 22.3. The van der Waals surface area contributed by atoms with Crippen molar-refractivity contribution < 1.29 is 14.3 Å². The first-order valence-electron chi connectivity index (χ1n) is 11.3. The number of hydrogen-bond donors (Lipinski definition) is 1. The number of ether oxygens (including phenoxy) is 2. The summed E-state index contributed by atoms with van der Waals surface area (Å²) in [5.74, 6) is 1.77. The number of fused-ring (bicyclic) bond motifs is 1. The molecule has 0 spiro atoms. The van der Waals surface area contributed by atoms with Crippen LogP contribution >= 0.6 is 0 Å². The van der Waals surface area contributed by atoms with Gasteiger partial charge in [-0.2, -0.15) is 10.1 Å². The van der Waals surface area contributed by atoms with Gasteiger partial charge in [0, 0.05) is 30.9 Å². The molecular weight excluding hydrogens is 444 g/mol. The van der Waals surface area contributed by atoms with Crippen molar-refractivity contribution in [2.24, 2.45) is 0 Å². The minimum Gasteiger partial charge on any atom is -0.494 e. The maximum absolute atomic E-state index is 12.5. The van der Waals surface area contributed by atoms with Crippen LogP contribution in [0.1, 0.15) is 18.4 Å². The van der Waals surface area contributed by atoms with Gasteiger partial charge in [-0.3, -0.25) is 5.32 Å². The van der Waals surface area contributed by atoms with Gasteiger partial charge >= 0.3 is 12.0 Å². The van der Waals surface area contributed by atoms with Crippen LogP contribution < -0.4 is 14.8 Å². The van der Waals surface area contributed by atoms with Gasteiger partial charge in [0.1, 0.15) is 17.0 Å². The number of amides is 2. The number of rotatable bonds is 5. The molecular formula is C26H24N6O3. The highest BCUT2D eigenvalue weighted by molar-refractivity contribution is 5.88. The number of para-hydroxylation sites is 1. The fourth-order valence-corrected chi connectivity index (χ4v) is 3.93. The van der Waals surface area contributed by atoms with E-state index in [1.165, 1.54) is 5.57 Å². The summed E-state index contributed by atoms with van der Waals surface area (Å²) in [5, 5.41) is 11.3. The van der Waals surface area contributed by atoms with Crippen molar-refractivity contribution in [3.05, 3.63) is 78.1 Å². The van der Waals surface area contributed by atoms with Gasteiger partial charge in [0.25, 0.3) is 0 Å². The molecule has 0 bridgehead atoms. The SMILES string of the molecule is COc1cccc2cnc(Oc3cccc(C=C4CCN(C(=O)Nc5cccnn5)CC4)c3)nc12. The molecule has 1 fully saturated rings.